The number of amides is 2. The quantitative estimate of drug-likeness (QED) is 0.901. The van der Waals surface area contributed by atoms with E-state index in [1.807, 2.05) is 45.8 Å². The highest BCUT2D eigenvalue weighted by Gasteiger charge is 2.13. The van der Waals surface area contributed by atoms with E-state index in [2.05, 4.69) is 20.6 Å². The minimum absolute atomic E-state index is 0.337. The maximum atomic E-state index is 12.3. The maximum Gasteiger partial charge on any atom is 0.323 e. The van der Waals surface area contributed by atoms with Crippen molar-refractivity contribution in [2.75, 3.05) is 36.7 Å². The van der Waals surface area contributed by atoms with Gasteiger partial charge in [-0.3, -0.25) is 0 Å². The summed E-state index contributed by atoms with van der Waals surface area (Å²) in [5.74, 6) is 1.36. The van der Waals surface area contributed by atoms with Crippen molar-refractivity contribution < 1.29 is 9.53 Å². The van der Waals surface area contributed by atoms with Crippen molar-refractivity contribution in [3.63, 3.8) is 0 Å². The summed E-state index contributed by atoms with van der Waals surface area (Å²) in [4.78, 5) is 22.9. The second kappa shape index (κ2) is 7.16. The number of benzene rings is 1. The number of nitrogens with one attached hydrogen (secondary N) is 2. The summed E-state index contributed by atoms with van der Waals surface area (Å²) in [7, 11) is 5.36. The molecule has 0 aliphatic rings. The van der Waals surface area contributed by atoms with Crippen molar-refractivity contribution in [3.8, 4) is 5.75 Å². The smallest absolute Gasteiger partial charge is 0.323 e. The lowest BCUT2D eigenvalue weighted by molar-refractivity contribution is 0.262. The van der Waals surface area contributed by atoms with Crippen molar-refractivity contribution in [1.82, 2.24) is 9.97 Å². The van der Waals surface area contributed by atoms with Gasteiger partial charge in [0.2, 0.25) is 5.95 Å². The molecule has 2 aromatic rings. The first-order valence-electron chi connectivity index (χ1n) is 7.57. The number of aromatic nitrogens is 2. The van der Waals surface area contributed by atoms with E-state index in [-0.39, 0.29) is 6.03 Å². The third-order valence-electron chi connectivity index (χ3n) is 3.58. The van der Waals surface area contributed by atoms with E-state index in [1.54, 1.807) is 19.2 Å². The fourth-order valence-corrected chi connectivity index (χ4v) is 2.25. The molecule has 7 heteroatoms. The van der Waals surface area contributed by atoms with Crippen molar-refractivity contribution >= 4 is 23.4 Å². The van der Waals surface area contributed by atoms with Crippen LogP contribution in [0.4, 0.5) is 22.1 Å². The topological polar surface area (TPSA) is 79.4 Å². The molecular weight excluding hydrogens is 306 g/mol. The highest BCUT2D eigenvalue weighted by molar-refractivity contribution is 6.00. The van der Waals surface area contributed by atoms with Crippen LogP contribution in [-0.2, 0) is 0 Å². The van der Waals surface area contributed by atoms with Crippen LogP contribution in [0.25, 0.3) is 0 Å². The number of carbonyl (C=O) groups excluding carboxylic acids is 1. The Balaban J connectivity index is 2.16. The van der Waals surface area contributed by atoms with Gasteiger partial charge in [0.05, 0.1) is 24.2 Å². The minimum Gasteiger partial charge on any atom is -0.497 e. The van der Waals surface area contributed by atoms with E-state index in [0.717, 1.165) is 17.0 Å². The number of methoxy groups -OCH3 is 1. The Morgan fingerprint density at radius 3 is 2.21 bits per heavy atom. The van der Waals surface area contributed by atoms with E-state index in [4.69, 9.17) is 4.74 Å². The number of hydrogen-bond acceptors (Lipinski definition) is 5. The first kappa shape index (κ1) is 17.5. The van der Waals surface area contributed by atoms with E-state index in [1.165, 1.54) is 0 Å². The van der Waals surface area contributed by atoms with Gasteiger partial charge in [0.15, 0.2) is 0 Å². The third kappa shape index (κ3) is 3.92. The average molecular weight is 329 g/mol. The Bertz CT molecular complexity index is 736. The molecule has 2 N–H and O–H groups in total. The number of hydrogen-bond donors (Lipinski definition) is 2. The molecule has 0 unspecified atom stereocenters. The van der Waals surface area contributed by atoms with Gasteiger partial charge in [0.1, 0.15) is 5.75 Å². The predicted molar refractivity (Wildman–Crippen MR) is 96.2 cm³/mol. The molecule has 128 valence electrons. The molecule has 0 saturated carbocycles. The van der Waals surface area contributed by atoms with Gasteiger partial charge in [0, 0.05) is 19.8 Å². The second-order valence-corrected chi connectivity index (χ2v) is 5.72. The van der Waals surface area contributed by atoms with Gasteiger partial charge in [0.25, 0.3) is 0 Å². The summed E-state index contributed by atoms with van der Waals surface area (Å²) < 4.78 is 5.16. The Kier molecular flexibility index (Phi) is 5.23. The van der Waals surface area contributed by atoms with Crippen LogP contribution in [0.15, 0.2) is 18.2 Å². The molecule has 0 spiro atoms. The number of aryl methyl sites for hydroxylation is 3. The molecule has 0 atom stereocenters. The van der Waals surface area contributed by atoms with Gasteiger partial charge in [-0.2, -0.15) is 0 Å². The first-order chi connectivity index (χ1) is 11.3. The fourth-order valence-electron chi connectivity index (χ4n) is 2.25. The van der Waals surface area contributed by atoms with Gasteiger partial charge < -0.3 is 20.3 Å². The Morgan fingerprint density at radius 2 is 1.71 bits per heavy atom. The molecule has 7 nitrogen and oxygen atoms in total. The molecule has 0 saturated heterocycles. The van der Waals surface area contributed by atoms with Gasteiger partial charge in [-0.25, -0.2) is 14.8 Å². The molecule has 0 bridgehead atoms. The molecule has 1 aromatic heterocycles. The van der Waals surface area contributed by atoms with Crippen LogP contribution in [0.3, 0.4) is 0 Å². The monoisotopic (exact) mass is 329 g/mol. The van der Waals surface area contributed by atoms with Crippen molar-refractivity contribution in [2.45, 2.75) is 20.8 Å². The number of carbonyl (C=O) groups is 1. The van der Waals surface area contributed by atoms with E-state index in [9.17, 15) is 4.79 Å². The van der Waals surface area contributed by atoms with Crippen LogP contribution < -0.4 is 20.3 Å². The lowest BCUT2D eigenvalue weighted by Crippen LogP contribution is -2.22. The lowest BCUT2D eigenvalue weighted by Gasteiger charge is -2.16. The van der Waals surface area contributed by atoms with Crippen molar-refractivity contribution in [2.24, 2.45) is 0 Å². The normalized spacial score (nSPS) is 10.2. The van der Waals surface area contributed by atoms with E-state index >= 15 is 0 Å². The average Bonchev–Trinajstić information content (AvgIpc) is 2.52. The van der Waals surface area contributed by atoms with Crippen LogP contribution in [-0.4, -0.2) is 37.2 Å². The number of rotatable bonds is 4. The van der Waals surface area contributed by atoms with E-state index in [0.29, 0.717) is 23.0 Å². The summed E-state index contributed by atoms with van der Waals surface area (Å²) in [5, 5.41) is 5.65. The molecular formula is C17H23N5O2. The summed E-state index contributed by atoms with van der Waals surface area (Å²) in [6.07, 6.45) is 0. The molecule has 0 aliphatic carbocycles. The van der Waals surface area contributed by atoms with Crippen molar-refractivity contribution in [1.29, 1.82) is 0 Å². The Morgan fingerprint density at radius 1 is 1.08 bits per heavy atom. The Labute approximate surface area is 142 Å². The van der Waals surface area contributed by atoms with Gasteiger partial charge >= 0.3 is 6.03 Å². The molecule has 2 rings (SSSR count). The lowest BCUT2D eigenvalue weighted by atomic mass is 10.2. The SMILES string of the molecule is COc1ccc(NC(=O)Nc2c(C)nc(N(C)C)nc2C)c(C)c1. The number of ether oxygens (including phenoxy) is 1. The van der Waals surface area contributed by atoms with Gasteiger partial charge in [-0.05, 0) is 44.5 Å². The van der Waals surface area contributed by atoms with Gasteiger partial charge in [-0.1, -0.05) is 0 Å². The van der Waals surface area contributed by atoms with Crippen LogP contribution in [0.1, 0.15) is 17.0 Å². The summed E-state index contributed by atoms with van der Waals surface area (Å²) in [5.41, 5.74) is 3.68. The molecule has 0 fully saturated rings. The minimum atomic E-state index is -0.337. The highest BCUT2D eigenvalue weighted by Crippen LogP contribution is 2.23. The van der Waals surface area contributed by atoms with Gasteiger partial charge in [-0.15, -0.1) is 0 Å². The molecule has 0 aliphatic heterocycles. The molecule has 2 amide bonds. The zero-order valence-electron chi connectivity index (χ0n) is 14.9. The Hall–Kier alpha value is -2.83. The zero-order chi connectivity index (χ0) is 17.9. The first-order valence-corrected chi connectivity index (χ1v) is 7.57. The molecule has 0 radical (unpaired) electrons. The largest absolute Gasteiger partial charge is 0.497 e. The number of urea groups is 1. The fraction of sp³-hybridized carbons (Fsp3) is 0.353. The second-order valence-electron chi connectivity index (χ2n) is 5.72. The third-order valence-corrected chi connectivity index (χ3v) is 3.58. The standard InChI is InChI=1S/C17H23N5O2/c1-10-9-13(24-6)7-8-14(10)20-17(23)21-15-11(2)18-16(22(4)5)19-12(15)3/h7-9H,1-6H3,(H2,20,21,23). The van der Waals surface area contributed by atoms with Crippen LogP contribution >= 0.6 is 0 Å². The molecule has 24 heavy (non-hydrogen) atoms. The highest BCUT2D eigenvalue weighted by atomic mass is 16.5. The summed E-state index contributed by atoms with van der Waals surface area (Å²) in [6.45, 7) is 5.59. The maximum absolute atomic E-state index is 12.3. The van der Waals surface area contributed by atoms with Crippen LogP contribution in [0.5, 0.6) is 5.75 Å². The number of nitrogens with zero attached hydrogens (tertiary/aromatic N) is 3. The summed E-state index contributed by atoms with van der Waals surface area (Å²) >= 11 is 0. The number of anilines is 3. The van der Waals surface area contributed by atoms with Crippen LogP contribution in [0.2, 0.25) is 0 Å². The van der Waals surface area contributed by atoms with Crippen LogP contribution in [0, 0.1) is 20.8 Å². The van der Waals surface area contributed by atoms with Crippen molar-refractivity contribution in [3.05, 3.63) is 35.2 Å². The zero-order valence-corrected chi connectivity index (χ0v) is 14.9. The molecule has 1 aromatic carbocycles. The molecule has 1 heterocycles. The van der Waals surface area contributed by atoms with E-state index < -0.39 is 0 Å². The summed E-state index contributed by atoms with van der Waals surface area (Å²) in [6, 6.07) is 5.13. The predicted octanol–water partition coefficient (Wildman–Crippen LogP) is 3.12.